The van der Waals surface area contributed by atoms with Gasteiger partial charge in [-0.3, -0.25) is 9.36 Å². The van der Waals surface area contributed by atoms with Crippen LogP contribution in [0, 0.1) is 20.8 Å². The Labute approximate surface area is 132 Å². The Bertz CT molecular complexity index is 1120. The zero-order valence-corrected chi connectivity index (χ0v) is 13.1. The maximum atomic E-state index is 13.0. The van der Waals surface area contributed by atoms with Crippen LogP contribution in [0.5, 0.6) is 0 Å². The second-order valence-corrected chi connectivity index (χ2v) is 5.61. The first-order valence-electron chi connectivity index (χ1n) is 7.37. The number of hydrogen-bond acceptors (Lipinski definition) is 4. The molecule has 0 aliphatic heterocycles. The molecule has 4 rings (SSSR count). The fourth-order valence-corrected chi connectivity index (χ4v) is 2.91. The average Bonchev–Trinajstić information content (AvgIpc) is 2.88. The Morgan fingerprint density at radius 2 is 1.78 bits per heavy atom. The van der Waals surface area contributed by atoms with Crippen LogP contribution in [0.1, 0.15) is 17.1 Å². The van der Waals surface area contributed by atoms with Crippen molar-refractivity contribution < 1.29 is 0 Å². The predicted molar refractivity (Wildman–Crippen MR) is 88.1 cm³/mol. The van der Waals surface area contributed by atoms with Crippen LogP contribution in [-0.2, 0) is 0 Å². The summed E-state index contributed by atoms with van der Waals surface area (Å²) in [6.45, 7) is 5.63. The Balaban J connectivity index is 2.14. The van der Waals surface area contributed by atoms with Gasteiger partial charge >= 0.3 is 0 Å². The molecule has 0 atom stereocenters. The highest BCUT2D eigenvalue weighted by atomic mass is 16.1. The molecule has 6 heteroatoms. The van der Waals surface area contributed by atoms with Gasteiger partial charge < -0.3 is 0 Å². The Kier molecular flexibility index (Phi) is 2.81. The molecule has 3 aromatic heterocycles. The van der Waals surface area contributed by atoms with Crippen molar-refractivity contribution in [3.63, 3.8) is 0 Å². The van der Waals surface area contributed by atoms with Crippen molar-refractivity contribution in [1.29, 1.82) is 0 Å². The van der Waals surface area contributed by atoms with E-state index in [1.807, 2.05) is 51.1 Å². The normalized spacial score (nSPS) is 11.4. The van der Waals surface area contributed by atoms with E-state index in [0.717, 1.165) is 16.8 Å². The van der Waals surface area contributed by atoms with E-state index >= 15 is 0 Å². The molecule has 0 aliphatic carbocycles. The molecule has 0 unspecified atom stereocenters. The maximum Gasteiger partial charge on any atom is 0.266 e. The van der Waals surface area contributed by atoms with Crippen LogP contribution < -0.4 is 5.56 Å². The van der Waals surface area contributed by atoms with E-state index in [-0.39, 0.29) is 5.56 Å². The van der Waals surface area contributed by atoms with Gasteiger partial charge in [-0.15, -0.1) is 5.10 Å². The largest absolute Gasteiger partial charge is 0.283 e. The van der Waals surface area contributed by atoms with E-state index in [2.05, 4.69) is 15.1 Å². The van der Waals surface area contributed by atoms with Crippen molar-refractivity contribution >= 4 is 16.7 Å². The summed E-state index contributed by atoms with van der Waals surface area (Å²) in [5.74, 6) is 1.15. The summed E-state index contributed by atoms with van der Waals surface area (Å²) >= 11 is 0. The van der Waals surface area contributed by atoms with Gasteiger partial charge in [0.1, 0.15) is 5.82 Å². The molecule has 114 valence electrons. The minimum absolute atomic E-state index is 0.100. The van der Waals surface area contributed by atoms with Gasteiger partial charge in [0.05, 0.1) is 22.3 Å². The number of aromatic nitrogens is 5. The van der Waals surface area contributed by atoms with E-state index in [4.69, 9.17) is 0 Å². The van der Waals surface area contributed by atoms with Gasteiger partial charge in [0.15, 0.2) is 0 Å². The van der Waals surface area contributed by atoms with Crippen LogP contribution in [0.15, 0.2) is 41.3 Å². The zero-order valence-electron chi connectivity index (χ0n) is 13.1. The van der Waals surface area contributed by atoms with Crippen LogP contribution in [-0.4, -0.2) is 24.1 Å². The second-order valence-electron chi connectivity index (χ2n) is 5.61. The molecule has 0 aliphatic rings. The Morgan fingerprint density at radius 3 is 2.57 bits per heavy atom. The van der Waals surface area contributed by atoms with Gasteiger partial charge in [0, 0.05) is 6.20 Å². The average molecular weight is 305 g/mol. The van der Waals surface area contributed by atoms with Gasteiger partial charge in [0.2, 0.25) is 0 Å². The molecule has 0 saturated carbocycles. The predicted octanol–water partition coefficient (Wildman–Crippen LogP) is 2.35. The second kappa shape index (κ2) is 4.74. The third-order valence-electron chi connectivity index (χ3n) is 4.00. The van der Waals surface area contributed by atoms with E-state index in [1.165, 1.54) is 0 Å². The Morgan fingerprint density at radius 1 is 1.00 bits per heavy atom. The molecular weight excluding hydrogens is 290 g/mol. The SMILES string of the molecule is Cc1nc2nc(C)c3c(=O)n(-c4ccccc4C)ccc3n2n1. The summed E-state index contributed by atoms with van der Waals surface area (Å²) in [4.78, 5) is 21.7. The number of para-hydroxylation sites is 1. The minimum atomic E-state index is -0.100. The zero-order chi connectivity index (χ0) is 16.1. The maximum absolute atomic E-state index is 13.0. The lowest BCUT2D eigenvalue weighted by Gasteiger charge is -2.11. The van der Waals surface area contributed by atoms with Crippen molar-refractivity contribution in [2.45, 2.75) is 20.8 Å². The third kappa shape index (κ3) is 1.95. The number of hydrogen-bond donors (Lipinski definition) is 0. The monoisotopic (exact) mass is 305 g/mol. The van der Waals surface area contributed by atoms with Crippen molar-refractivity contribution in [2.24, 2.45) is 0 Å². The smallest absolute Gasteiger partial charge is 0.266 e. The lowest BCUT2D eigenvalue weighted by atomic mass is 10.2. The first kappa shape index (κ1) is 13.6. The molecule has 3 heterocycles. The van der Waals surface area contributed by atoms with Crippen LogP contribution >= 0.6 is 0 Å². The molecule has 6 nitrogen and oxygen atoms in total. The summed E-state index contributed by atoms with van der Waals surface area (Å²) in [5, 5.41) is 4.90. The summed E-state index contributed by atoms with van der Waals surface area (Å²) < 4.78 is 3.28. The molecule has 0 fully saturated rings. The Hall–Kier alpha value is -3.02. The molecule has 0 spiro atoms. The molecule has 0 radical (unpaired) electrons. The van der Waals surface area contributed by atoms with Crippen molar-refractivity contribution in [1.82, 2.24) is 24.1 Å². The van der Waals surface area contributed by atoms with Gasteiger partial charge in [-0.05, 0) is 38.5 Å². The molecule has 4 aromatic rings. The lowest BCUT2D eigenvalue weighted by molar-refractivity contribution is 0.931. The molecule has 1 aromatic carbocycles. The van der Waals surface area contributed by atoms with Crippen LogP contribution in [0.3, 0.4) is 0 Å². The lowest BCUT2D eigenvalue weighted by Crippen LogP contribution is -2.20. The van der Waals surface area contributed by atoms with Gasteiger partial charge in [-0.25, -0.2) is 4.98 Å². The fraction of sp³-hybridized carbons (Fsp3) is 0.176. The molecular formula is C17H15N5O. The highest BCUT2D eigenvalue weighted by Crippen LogP contribution is 2.17. The van der Waals surface area contributed by atoms with Crippen molar-refractivity contribution in [2.75, 3.05) is 0 Å². The van der Waals surface area contributed by atoms with E-state index in [0.29, 0.717) is 22.7 Å². The highest BCUT2D eigenvalue weighted by molar-refractivity contribution is 5.82. The fourth-order valence-electron chi connectivity index (χ4n) is 2.91. The quantitative estimate of drug-likeness (QED) is 0.541. The summed E-state index contributed by atoms with van der Waals surface area (Å²) in [5.41, 5.74) is 3.19. The first-order chi connectivity index (χ1) is 11.1. The van der Waals surface area contributed by atoms with Gasteiger partial charge in [0.25, 0.3) is 11.3 Å². The number of benzene rings is 1. The van der Waals surface area contributed by atoms with Gasteiger partial charge in [-0.2, -0.15) is 9.50 Å². The molecule has 23 heavy (non-hydrogen) atoms. The van der Waals surface area contributed by atoms with Crippen LogP contribution in [0.2, 0.25) is 0 Å². The van der Waals surface area contributed by atoms with Crippen molar-refractivity contribution in [3.05, 3.63) is 64.0 Å². The molecule has 0 amide bonds. The van der Waals surface area contributed by atoms with Gasteiger partial charge in [-0.1, -0.05) is 18.2 Å². The molecule has 0 N–H and O–H groups in total. The summed E-state index contributed by atoms with van der Waals surface area (Å²) in [6, 6.07) is 9.69. The standard InChI is InChI=1S/C17H15N5O/c1-10-6-4-5-7-13(10)21-9-8-14-15(16(21)23)11(2)18-17-19-12(3)20-22(14)17/h4-9H,1-3H3. The number of pyridine rings is 1. The van der Waals surface area contributed by atoms with E-state index in [1.54, 1.807) is 15.3 Å². The summed E-state index contributed by atoms with van der Waals surface area (Å²) in [6.07, 6.45) is 1.78. The number of aryl methyl sites for hydroxylation is 3. The van der Waals surface area contributed by atoms with Crippen molar-refractivity contribution in [3.8, 4) is 5.69 Å². The van der Waals surface area contributed by atoms with E-state index in [9.17, 15) is 4.79 Å². The third-order valence-corrected chi connectivity index (χ3v) is 4.00. The van der Waals surface area contributed by atoms with Crippen LogP contribution in [0.25, 0.3) is 22.4 Å². The molecule has 0 saturated heterocycles. The minimum Gasteiger partial charge on any atom is -0.283 e. The highest BCUT2D eigenvalue weighted by Gasteiger charge is 2.14. The first-order valence-corrected chi connectivity index (χ1v) is 7.37. The number of nitrogens with zero attached hydrogens (tertiary/aromatic N) is 5. The van der Waals surface area contributed by atoms with Crippen LogP contribution in [0.4, 0.5) is 0 Å². The number of fused-ring (bicyclic) bond motifs is 3. The van der Waals surface area contributed by atoms with E-state index < -0.39 is 0 Å². The summed E-state index contributed by atoms with van der Waals surface area (Å²) in [7, 11) is 0. The number of rotatable bonds is 1. The topological polar surface area (TPSA) is 65.1 Å². The molecule has 0 bridgehead atoms.